The monoisotopic (exact) mass is 446 g/mol. The van der Waals surface area contributed by atoms with Crippen molar-refractivity contribution in [1.82, 2.24) is 16.0 Å². The minimum absolute atomic E-state index is 0.179. The van der Waals surface area contributed by atoms with Gasteiger partial charge in [0.25, 0.3) is 0 Å². The van der Waals surface area contributed by atoms with E-state index < -0.39 is 66.9 Å². The first-order valence-electron chi connectivity index (χ1n) is 10.1. The highest BCUT2D eigenvalue weighted by Crippen LogP contribution is 2.11. The average Bonchev–Trinajstić information content (AvgIpc) is 2.70. The first kappa shape index (κ1) is 28.3. The molecule has 0 aliphatic rings. The molecule has 31 heavy (non-hydrogen) atoms. The Bertz CT molecular complexity index is 655. The fourth-order valence-corrected chi connectivity index (χ4v) is 2.51. The average molecular weight is 447 g/mol. The number of nitrogens with two attached hydrogens (primary N) is 1. The van der Waals surface area contributed by atoms with Gasteiger partial charge in [-0.2, -0.15) is 0 Å². The molecule has 178 valence electrons. The molecule has 12 heteroatoms. The van der Waals surface area contributed by atoms with Crippen molar-refractivity contribution >= 4 is 29.7 Å². The molecule has 0 spiro atoms. The van der Waals surface area contributed by atoms with Crippen molar-refractivity contribution in [2.75, 3.05) is 6.61 Å². The van der Waals surface area contributed by atoms with Gasteiger partial charge in [0, 0.05) is 6.42 Å². The van der Waals surface area contributed by atoms with Crippen molar-refractivity contribution in [3.05, 3.63) is 0 Å². The number of rotatable bonds is 14. The number of amides is 3. The lowest BCUT2D eigenvalue weighted by Gasteiger charge is -2.28. The summed E-state index contributed by atoms with van der Waals surface area (Å²) in [5.41, 5.74) is 5.83. The summed E-state index contributed by atoms with van der Waals surface area (Å²) in [6, 6.07) is -4.91. The van der Waals surface area contributed by atoms with E-state index in [1.807, 2.05) is 5.32 Å². The standard InChI is InChI=1S/C19H34N4O8/c1-5-10(4)15(23-17(28)14(20)9(2)3)18(29)21-11(6-7-13(25)26)16(27)22-12(8-24)19(30)31/h9-12,14-15,24H,5-8,20H2,1-4H3,(H,21,29)(H,22,27)(H,23,28)(H,25,26)(H,30,31). The van der Waals surface area contributed by atoms with E-state index in [4.69, 9.17) is 21.1 Å². The van der Waals surface area contributed by atoms with Crippen LogP contribution in [-0.4, -0.2) is 75.8 Å². The third-order valence-corrected chi connectivity index (χ3v) is 4.89. The SMILES string of the molecule is CCC(C)C(NC(=O)C(N)C(C)C)C(=O)NC(CCC(=O)O)C(=O)NC(CO)C(=O)O. The Labute approximate surface area is 180 Å². The molecule has 0 saturated heterocycles. The minimum Gasteiger partial charge on any atom is -0.481 e. The van der Waals surface area contributed by atoms with Crippen LogP contribution in [0.1, 0.15) is 47.0 Å². The van der Waals surface area contributed by atoms with Crippen LogP contribution < -0.4 is 21.7 Å². The first-order chi connectivity index (χ1) is 14.3. The van der Waals surface area contributed by atoms with E-state index in [0.717, 1.165) is 0 Å². The Morgan fingerprint density at radius 2 is 1.42 bits per heavy atom. The zero-order valence-electron chi connectivity index (χ0n) is 18.3. The summed E-state index contributed by atoms with van der Waals surface area (Å²) < 4.78 is 0. The normalized spacial score (nSPS) is 15.8. The summed E-state index contributed by atoms with van der Waals surface area (Å²) in [6.45, 7) is 6.11. The number of hydrogen-bond donors (Lipinski definition) is 7. The number of carboxylic acid groups (broad SMARTS) is 2. The van der Waals surface area contributed by atoms with Gasteiger partial charge in [0.2, 0.25) is 17.7 Å². The van der Waals surface area contributed by atoms with Crippen LogP contribution in [0.25, 0.3) is 0 Å². The van der Waals surface area contributed by atoms with Gasteiger partial charge in [-0.05, 0) is 18.3 Å². The van der Waals surface area contributed by atoms with E-state index in [9.17, 15) is 24.0 Å². The van der Waals surface area contributed by atoms with Gasteiger partial charge in [-0.15, -0.1) is 0 Å². The maximum absolute atomic E-state index is 12.9. The zero-order valence-corrected chi connectivity index (χ0v) is 18.3. The number of carbonyl (C=O) groups is 5. The lowest BCUT2D eigenvalue weighted by atomic mass is 9.96. The summed E-state index contributed by atoms with van der Waals surface area (Å²) >= 11 is 0. The molecule has 0 heterocycles. The van der Waals surface area contributed by atoms with Crippen LogP contribution in [0.2, 0.25) is 0 Å². The smallest absolute Gasteiger partial charge is 0.328 e. The molecule has 0 fully saturated rings. The molecule has 5 unspecified atom stereocenters. The Hall–Kier alpha value is -2.73. The highest BCUT2D eigenvalue weighted by atomic mass is 16.4. The van der Waals surface area contributed by atoms with Crippen molar-refractivity contribution in [2.24, 2.45) is 17.6 Å². The molecule has 0 bridgehead atoms. The maximum Gasteiger partial charge on any atom is 0.328 e. The minimum atomic E-state index is -1.62. The van der Waals surface area contributed by atoms with Gasteiger partial charge in [0.05, 0.1) is 12.6 Å². The molecule has 12 nitrogen and oxygen atoms in total. The fourth-order valence-electron chi connectivity index (χ4n) is 2.51. The molecule has 0 aromatic rings. The van der Waals surface area contributed by atoms with Gasteiger partial charge in [-0.25, -0.2) is 4.79 Å². The molecule has 0 aromatic heterocycles. The summed E-state index contributed by atoms with van der Waals surface area (Å²) in [7, 11) is 0. The van der Waals surface area contributed by atoms with Crippen molar-refractivity contribution < 1.29 is 39.3 Å². The second kappa shape index (κ2) is 13.5. The third kappa shape index (κ3) is 9.75. The van der Waals surface area contributed by atoms with E-state index >= 15 is 0 Å². The molecular formula is C19H34N4O8. The lowest BCUT2D eigenvalue weighted by molar-refractivity contribution is -0.144. The number of nitrogens with one attached hydrogen (secondary N) is 3. The second-order valence-electron chi connectivity index (χ2n) is 7.72. The van der Waals surface area contributed by atoms with Crippen LogP contribution in [0.15, 0.2) is 0 Å². The molecule has 8 N–H and O–H groups in total. The van der Waals surface area contributed by atoms with Gasteiger partial charge < -0.3 is 37.0 Å². The second-order valence-corrected chi connectivity index (χ2v) is 7.72. The van der Waals surface area contributed by atoms with E-state index in [0.29, 0.717) is 6.42 Å². The lowest BCUT2D eigenvalue weighted by Crippen LogP contribution is -2.59. The molecule has 0 rings (SSSR count). The predicted molar refractivity (Wildman–Crippen MR) is 110 cm³/mol. The zero-order chi connectivity index (χ0) is 24.3. The molecule has 0 aliphatic heterocycles. The van der Waals surface area contributed by atoms with Crippen LogP contribution in [0.3, 0.4) is 0 Å². The number of carbonyl (C=O) groups excluding carboxylic acids is 3. The topological polar surface area (TPSA) is 208 Å². The molecular weight excluding hydrogens is 412 g/mol. The highest BCUT2D eigenvalue weighted by Gasteiger charge is 2.32. The largest absolute Gasteiger partial charge is 0.481 e. The van der Waals surface area contributed by atoms with Crippen LogP contribution >= 0.6 is 0 Å². The van der Waals surface area contributed by atoms with E-state index in [-0.39, 0.29) is 18.3 Å². The highest BCUT2D eigenvalue weighted by molar-refractivity contribution is 5.94. The Balaban J connectivity index is 5.54. The van der Waals surface area contributed by atoms with E-state index in [1.165, 1.54) is 0 Å². The van der Waals surface area contributed by atoms with Gasteiger partial charge >= 0.3 is 11.9 Å². The summed E-state index contributed by atoms with van der Waals surface area (Å²) in [5, 5.41) is 34.0. The number of hydrogen-bond acceptors (Lipinski definition) is 7. The molecule has 0 radical (unpaired) electrons. The number of carboxylic acids is 2. The molecule has 0 aromatic carbocycles. The van der Waals surface area contributed by atoms with Gasteiger partial charge in [-0.1, -0.05) is 34.1 Å². The number of aliphatic carboxylic acids is 2. The molecule has 0 aliphatic carbocycles. The Kier molecular flexibility index (Phi) is 12.4. The fraction of sp³-hybridized carbons (Fsp3) is 0.737. The quantitative estimate of drug-likeness (QED) is 0.164. The third-order valence-electron chi connectivity index (χ3n) is 4.89. The number of aliphatic hydroxyl groups excluding tert-OH is 1. The van der Waals surface area contributed by atoms with Crippen molar-refractivity contribution in [1.29, 1.82) is 0 Å². The van der Waals surface area contributed by atoms with Gasteiger partial charge in [0.15, 0.2) is 0 Å². The van der Waals surface area contributed by atoms with Crippen molar-refractivity contribution in [2.45, 2.75) is 71.1 Å². The summed E-state index contributed by atoms with van der Waals surface area (Å²) in [5.74, 6) is -5.49. The molecule has 5 atom stereocenters. The van der Waals surface area contributed by atoms with Crippen LogP contribution in [0, 0.1) is 11.8 Å². The van der Waals surface area contributed by atoms with Crippen LogP contribution in [0.4, 0.5) is 0 Å². The van der Waals surface area contributed by atoms with E-state index in [2.05, 4.69) is 10.6 Å². The van der Waals surface area contributed by atoms with Crippen molar-refractivity contribution in [3.8, 4) is 0 Å². The van der Waals surface area contributed by atoms with Crippen LogP contribution in [0.5, 0.6) is 0 Å². The van der Waals surface area contributed by atoms with Crippen molar-refractivity contribution in [3.63, 3.8) is 0 Å². The molecule has 0 saturated carbocycles. The van der Waals surface area contributed by atoms with Gasteiger partial charge in [-0.3, -0.25) is 19.2 Å². The van der Waals surface area contributed by atoms with Gasteiger partial charge in [0.1, 0.15) is 18.1 Å². The summed E-state index contributed by atoms with van der Waals surface area (Å²) in [4.78, 5) is 59.6. The number of aliphatic hydroxyl groups is 1. The predicted octanol–water partition coefficient (Wildman–Crippen LogP) is -1.59. The maximum atomic E-state index is 12.9. The van der Waals surface area contributed by atoms with E-state index in [1.54, 1.807) is 27.7 Å². The Morgan fingerprint density at radius 1 is 0.871 bits per heavy atom. The van der Waals surface area contributed by atoms with Crippen LogP contribution in [-0.2, 0) is 24.0 Å². The summed E-state index contributed by atoms with van der Waals surface area (Å²) in [6.07, 6.45) is -0.294. The molecule has 3 amide bonds. The first-order valence-corrected chi connectivity index (χ1v) is 10.1. The Morgan fingerprint density at radius 3 is 1.84 bits per heavy atom.